The molecule has 1 saturated heterocycles. The Balaban J connectivity index is 0.00000361. The van der Waals surface area contributed by atoms with Crippen LogP contribution in [0.5, 0.6) is 0 Å². The molecule has 1 fully saturated rings. The fourth-order valence-corrected chi connectivity index (χ4v) is 1.98. The minimum Gasteiger partial charge on any atom is -0.450 e. The largest absolute Gasteiger partial charge is 0.450 e. The smallest absolute Gasteiger partial charge is 0.409 e. The quantitative estimate of drug-likeness (QED) is 0.328. The van der Waals surface area contributed by atoms with E-state index in [2.05, 4.69) is 22.2 Å². The number of ether oxygens (including phenoxy) is 1. The van der Waals surface area contributed by atoms with E-state index < -0.39 is 0 Å². The number of carbonyl (C=O) groups is 1. The summed E-state index contributed by atoms with van der Waals surface area (Å²) in [4.78, 5) is 17.5. The lowest BCUT2D eigenvalue weighted by molar-refractivity contribution is 0.0963. The summed E-state index contributed by atoms with van der Waals surface area (Å²) >= 11 is 0. The first-order valence-corrected chi connectivity index (χ1v) is 6.71. The number of nitrogens with one attached hydrogen (secondary N) is 2. The number of nitrogens with zero attached hydrogens (tertiary/aromatic N) is 2. The molecule has 1 heterocycles. The molecule has 0 radical (unpaired) electrons. The highest BCUT2D eigenvalue weighted by Crippen LogP contribution is 2.11. The van der Waals surface area contributed by atoms with Crippen LogP contribution in [-0.2, 0) is 4.74 Å². The average Bonchev–Trinajstić information content (AvgIpc) is 2.44. The molecule has 116 valence electrons. The number of rotatable bonds is 4. The van der Waals surface area contributed by atoms with Crippen molar-refractivity contribution in [3.8, 4) is 0 Å². The van der Waals surface area contributed by atoms with Gasteiger partial charge in [0, 0.05) is 32.7 Å². The summed E-state index contributed by atoms with van der Waals surface area (Å²) < 4.78 is 4.99. The molecule has 20 heavy (non-hydrogen) atoms. The van der Waals surface area contributed by atoms with Crippen LogP contribution in [0.15, 0.2) is 17.6 Å². The minimum absolute atomic E-state index is 0. The van der Waals surface area contributed by atoms with Gasteiger partial charge in [-0.3, -0.25) is 4.99 Å². The van der Waals surface area contributed by atoms with Gasteiger partial charge in [0.05, 0.1) is 6.61 Å². The first-order chi connectivity index (χ1) is 9.21. The van der Waals surface area contributed by atoms with Crippen molar-refractivity contribution in [2.24, 2.45) is 4.99 Å². The second kappa shape index (κ2) is 10.8. The number of hydrogen-bond acceptors (Lipinski definition) is 3. The van der Waals surface area contributed by atoms with Gasteiger partial charge in [0.25, 0.3) is 0 Å². The number of hydrogen-bond donors (Lipinski definition) is 2. The Bertz CT molecular complexity index is 328. The predicted molar refractivity (Wildman–Crippen MR) is 91.7 cm³/mol. The van der Waals surface area contributed by atoms with Gasteiger partial charge in [0.2, 0.25) is 0 Å². The summed E-state index contributed by atoms with van der Waals surface area (Å²) in [5.41, 5.74) is 0. The van der Waals surface area contributed by atoms with E-state index in [9.17, 15) is 4.79 Å². The maximum Gasteiger partial charge on any atom is 0.409 e. The Labute approximate surface area is 138 Å². The van der Waals surface area contributed by atoms with E-state index in [1.807, 2.05) is 6.92 Å². The van der Waals surface area contributed by atoms with Crippen molar-refractivity contribution in [2.45, 2.75) is 25.8 Å². The zero-order valence-electron chi connectivity index (χ0n) is 12.2. The Kier molecular flexibility index (Phi) is 10.2. The Morgan fingerprint density at radius 3 is 2.65 bits per heavy atom. The van der Waals surface area contributed by atoms with E-state index in [-0.39, 0.29) is 30.1 Å². The lowest BCUT2D eigenvalue weighted by Crippen LogP contribution is -2.49. The highest BCUT2D eigenvalue weighted by atomic mass is 127. The van der Waals surface area contributed by atoms with Crippen LogP contribution in [-0.4, -0.2) is 56.3 Å². The van der Waals surface area contributed by atoms with Crippen LogP contribution in [0.25, 0.3) is 0 Å². The molecule has 6 nitrogen and oxygen atoms in total. The number of guanidine groups is 1. The molecule has 0 aliphatic carbocycles. The first-order valence-electron chi connectivity index (χ1n) is 6.71. The number of likely N-dealkylation sites (tertiary alicyclic amines) is 1. The van der Waals surface area contributed by atoms with Crippen molar-refractivity contribution in [3.05, 3.63) is 12.7 Å². The lowest BCUT2D eigenvalue weighted by atomic mass is 10.1. The summed E-state index contributed by atoms with van der Waals surface area (Å²) in [5, 5.41) is 6.48. The summed E-state index contributed by atoms with van der Waals surface area (Å²) in [6, 6.07) is 0.335. The Morgan fingerprint density at radius 2 is 2.15 bits per heavy atom. The molecule has 1 aliphatic rings. The van der Waals surface area contributed by atoms with E-state index in [1.54, 1.807) is 18.0 Å². The van der Waals surface area contributed by atoms with Gasteiger partial charge in [-0.15, -0.1) is 30.6 Å². The van der Waals surface area contributed by atoms with Gasteiger partial charge in [-0.25, -0.2) is 4.79 Å². The SMILES string of the molecule is C=CCNC(=NC)NC1CCN(C(=O)OCC)CC1.I. The number of amides is 1. The molecule has 0 aromatic rings. The van der Waals surface area contributed by atoms with E-state index >= 15 is 0 Å². The molecular formula is C13H25IN4O2. The molecule has 7 heteroatoms. The third kappa shape index (κ3) is 6.44. The fourth-order valence-electron chi connectivity index (χ4n) is 1.98. The van der Waals surface area contributed by atoms with Gasteiger partial charge in [-0.05, 0) is 19.8 Å². The first kappa shape index (κ1) is 19.0. The van der Waals surface area contributed by atoms with Gasteiger partial charge in [0.1, 0.15) is 0 Å². The Morgan fingerprint density at radius 1 is 1.50 bits per heavy atom. The summed E-state index contributed by atoms with van der Waals surface area (Å²) in [6.07, 6.45) is 3.37. The number of aliphatic imine (C=N–C) groups is 1. The Hall–Kier alpha value is -0.990. The standard InChI is InChI=1S/C13H24N4O2.HI/c1-4-8-15-12(14-3)16-11-6-9-17(10-7-11)13(18)19-5-2;/h4,11H,1,5-10H2,2-3H3,(H2,14,15,16);1H. The highest BCUT2D eigenvalue weighted by molar-refractivity contribution is 14.0. The van der Waals surface area contributed by atoms with Gasteiger partial charge >= 0.3 is 6.09 Å². The molecule has 1 aliphatic heterocycles. The highest BCUT2D eigenvalue weighted by Gasteiger charge is 2.23. The molecule has 0 bridgehead atoms. The third-order valence-electron chi connectivity index (χ3n) is 3.00. The summed E-state index contributed by atoms with van der Waals surface area (Å²) in [5.74, 6) is 0.773. The van der Waals surface area contributed by atoms with Crippen LogP contribution in [0, 0.1) is 0 Å². The molecule has 2 N–H and O–H groups in total. The normalized spacial score (nSPS) is 16.1. The maximum atomic E-state index is 11.6. The van der Waals surface area contributed by atoms with Crippen molar-refractivity contribution in [1.82, 2.24) is 15.5 Å². The lowest BCUT2D eigenvalue weighted by Gasteiger charge is -2.32. The van der Waals surface area contributed by atoms with Crippen LogP contribution in [0.1, 0.15) is 19.8 Å². The van der Waals surface area contributed by atoms with Crippen LogP contribution in [0.3, 0.4) is 0 Å². The second-order valence-electron chi connectivity index (χ2n) is 4.35. The molecule has 0 aromatic carbocycles. The summed E-state index contributed by atoms with van der Waals surface area (Å²) in [6.45, 7) is 8.02. The van der Waals surface area contributed by atoms with E-state index in [0.717, 1.165) is 31.9 Å². The van der Waals surface area contributed by atoms with Gasteiger partial charge in [-0.2, -0.15) is 0 Å². The van der Waals surface area contributed by atoms with Crippen molar-refractivity contribution in [1.29, 1.82) is 0 Å². The van der Waals surface area contributed by atoms with Crippen molar-refractivity contribution in [2.75, 3.05) is 33.3 Å². The van der Waals surface area contributed by atoms with E-state index in [1.165, 1.54) is 0 Å². The molecule has 0 unspecified atom stereocenters. The maximum absolute atomic E-state index is 11.6. The molecule has 1 rings (SSSR count). The zero-order valence-corrected chi connectivity index (χ0v) is 14.6. The number of carbonyl (C=O) groups excluding carboxylic acids is 1. The monoisotopic (exact) mass is 396 g/mol. The van der Waals surface area contributed by atoms with Gasteiger partial charge in [-0.1, -0.05) is 6.08 Å². The van der Waals surface area contributed by atoms with E-state index in [0.29, 0.717) is 19.2 Å². The van der Waals surface area contributed by atoms with E-state index in [4.69, 9.17) is 4.74 Å². The molecule has 0 aromatic heterocycles. The molecule has 0 saturated carbocycles. The van der Waals surface area contributed by atoms with Gasteiger partial charge in [0.15, 0.2) is 5.96 Å². The molecule has 0 atom stereocenters. The molecule has 0 spiro atoms. The van der Waals surface area contributed by atoms with Crippen LogP contribution in [0.2, 0.25) is 0 Å². The van der Waals surface area contributed by atoms with Crippen molar-refractivity contribution < 1.29 is 9.53 Å². The van der Waals surface area contributed by atoms with Gasteiger partial charge < -0.3 is 20.3 Å². The average molecular weight is 396 g/mol. The number of piperidine rings is 1. The zero-order chi connectivity index (χ0) is 14.1. The molecular weight excluding hydrogens is 371 g/mol. The molecule has 1 amide bonds. The van der Waals surface area contributed by atoms with Crippen molar-refractivity contribution >= 4 is 36.0 Å². The second-order valence-corrected chi connectivity index (χ2v) is 4.35. The minimum atomic E-state index is -0.213. The predicted octanol–water partition coefficient (Wildman–Crippen LogP) is 1.58. The topological polar surface area (TPSA) is 66.0 Å². The van der Waals surface area contributed by atoms with Crippen LogP contribution < -0.4 is 10.6 Å². The number of halogens is 1. The summed E-state index contributed by atoms with van der Waals surface area (Å²) in [7, 11) is 1.74. The fraction of sp³-hybridized carbons (Fsp3) is 0.692. The van der Waals surface area contributed by atoms with Crippen LogP contribution in [0.4, 0.5) is 4.79 Å². The van der Waals surface area contributed by atoms with Crippen molar-refractivity contribution in [3.63, 3.8) is 0 Å². The van der Waals surface area contributed by atoms with Crippen LogP contribution >= 0.6 is 24.0 Å². The third-order valence-corrected chi connectivity index (χ3v) is 3.00.